The average Bonchev–Trinajstić information content (AvgIpc) is 2.62. The van der Waals surface area contributed by atoms with Crippen LogP contribution < -0.4 is 10.0 Å². The first-order valence-corrected chi connectivity index (χ1v) is 10.3. The van der Waals surface area contributed by atoms with Crippen molar-refractivity contribution in [2.24, 2.45) is 0 Å². The zero-order valence-corrected chi connectivity index (χ0v) is 16.5. The number of halogens is 1. The summed E-state index contributed by atoms with van der Waals surface area (Å²) in [4.78, 5) is 12.2. The van der Waals surface area contributed by atoms with Crippen LogP contribution in [0.2, 0.25) is 0 Å². The van der Waals surface area contributed by atoms with Gasteiger partial charge in [-0.25, -0.2) is 17.5 Å². The molecule has 2 rings (SSSR count). The second kappa shape index (κ2) is 9.10. The van der Waals surface area contributed by atoms with Gasteiger partial charge in [0, 0.05) is 13.0 Å². The average molecular weight is 392 g/mol. The van der Waals surface area contributed by atoms with Gasteiger partial charge in [0.2, 0.25) is 15.9 Å². The van der Waals surface area contributed by atoms with Crippen LogP contribution in [0, 0.1) is 5.82 Å². The first kappa shape index (κ1) is 21.1. The van der Waals surface area contributed by atoms with Gasteiger partial charge in [-0.3, -0.25) is 4.79 Å². The van der Waals surface area contributed by atoms with Crippen molar-refractivity contribution in [1.82, 2.24) is 10.0 Å². The number of carbonyl (C=O) groups is 1. The highest BCUT2D eigenvalue weighted by Crippen LogP contribution is 2.17. The van der Waals surface area contributed by atoms with E-state index in [0.29, 0.717) is 5.92 Å². The second-order valence-corrected chi connectivity index (χ2v) is 8.48. The molecule has 0 aliphatic carbocycles. The Balaban J connectivity index is 1.85. The fraction of sp³-hybridized carbons (Fsp3) is 0.350. The highest BCUT2D eigenvalue weighted by Gasteiger charge is 2.15. The monoisotopic (exact) mass is 392 g/mol. The summed E-state index contributed by atoms with van der Waals surface area (Å²) in [7, 11) is -3.66. The van der Waals surface area contributed by atoms with E-state index < -0.39 is 10.0 Å². The van der Waals surface area contributed by atoms with Crippen LogP contribution in [0.15, 0.2) is 53.4 Å². The van der Waals surface area contributed by atoms with E-state index in [-0.39, 0.29) is 35.6 Å². The quantitative estimate of drug-likeness (QED) is 0.722. The third-order valence-electron chi connectivity index (χ3n) is 4.25. The maximum Gasteiger partial charge on any atom is 0.240 e. The van der Waals surface area contributed by atoms with Crippen LogP contribution in [0.25, 0.3) is 0 Å². The summed E-state index contributed by atoms with van der Waals surface area (Å²) in [5, 5.41) is 2.77. The number of hydrogen-bond acceptors (Lipinski definition) is 3. The highest BCUT2D eigenvalue weighted by atomic mass is 32.2. The number of benzene rings is 2. The molecule has 2 aromatic rings. The molecule has 2 aromatic carbocycles. The van der Waals surface area contributed by atoms with Crippen molar-refractivity contribution in [2.45, 2.75) is 44.0 Å². The number of hydrogen-bond donors (Lipinski definition) is 2. The first-order valence-electron chi connectivity index (χ1n) is 8.83. The van der Waals surface area contributed by atoms with Crippen molar-refractivity contribution in [1.29, 1.82) is 0 Å². The summed E-state index contributed by atoms with van der Waals surface area (Å²) in [5.74, 6) is -0.306. The van der Waals surface area contributed by atoms with Crippen molar-refractivity contribution in [2.75, 3.05) is 6.54 Å². The number of carbonyl (C=O) groups excluding carboxylic acids is 1. The van der Waals surface area contributed by atoms with Crippen molar-refractivity contribution in [3.05, 3.63) is 65.5 Å². The molecule has 0 radical (unpaired) electrons. The van der Waals surface area contributed by atoms with Crippen molar-refractivity contribution < 1.29 is 17.6 Å². The smallest absolute Gasteiger partial charge is 0.240 e. The van der Waals surface area contributed by atoms with Crippen molar-refractivity contribution in [3.63, 3.8) is 0 Å². The Morgan fingerprint density at radius 3 is 2.07 bits per heavy atom. The molecule has 0 fully saturated rings. The van der Waals surface area contributed by atoms with E-state index in [0.717, 1.165) is 11.1 Å². The highest BCUT2D eigenvalue weighted by molar-refractivity contribution is 7.89. The van der Waals surface area contributed by atoms with E-state index in [1.807, 2.05) is 13.8 Å². The molecule has 0 aromatic heterocycles. The zero-order chi connectivity index (χ0) is 20.0. The summed E-state index contributed by atoms with van der Waals surface area (Å²) < 4.78 is 40.0. The van der Waals surface area contributed by atoms with Gasteiger partial charge < -0.3 is 5.32 Å². The Morgan fingerprint density at radius 2 is 1.52 bits per heavy atom. The Bertz CT molecular complexity index is 863. The van der Waals surface area contributed by atoms with Crippen molar-refractivity contribution in [3.8, 4) is 0 Å². The fourth-order valence-corrected chi connectivity index (χ4v) is 3.59. The Labute approximate surface area is 160 Å². The largest absolute Gasteiger partial charge is 0.350 e. The van der Waals surface area contributed by atoms with Crippen LogP contribution in [-0.4, -0.2) is 20.9 Å². The van der Waals surface area contributed by atoms with E-state index >= 15 is 0 Å². The summed E-state index contributed by atoms with van der Waals surface area (Å²) in [6.07, 6.45) is 0.00877. The van der Waals surface area contributed by atoms with Gasteiger partial charge in [0.05, 0.1) is 10.9 Å². The molecule has 27 heavy (non-hydrogen) atoms. The molecule has 146 valence electrons. The van der Waals surface area contributed by atoms with Crippen LogP contribution in [-0.2, 0) is 14.8 Å². The molecule has 0 saturated heterocycles. The SMILES string of the molecule is CC(C)c1ccc(S(=O)(=O)NCCC(=O)NC(C)c2ccc(F)cc2)cc1. The van der Waals surface area contributed by atoms with Gasteiger partial charge in [-0.05, 0) is 48.2 Å². The zero-order valence-electron chi connectivity index (χ0n) is 15.7. The molecule has 0 aliphatic heterocycles. The molecule has 0 bridgehead atoms. The first-order chi connectivity index (χ1) is 12.7. The number of rotatable bonds is 8. The molecule has 0 saturated carbocycles. The number of amides is 1. The predicted molar refractivity (Wildman–Crippen MR) is 103 cm³/mol. The van der Waals surface area contributed by atoms with Crippen LogP contribution in [0.4, 0.5) is 4.39 Å². The topological polar surface area (TPSA) is 75.3 Å². The number of nitrogens with one attached hydrogen (secondary N) is 2. The maximum atomic E-state index is 12.9. The van der Waals surface area contributed by atoms with E-state index in [1.165, 1.54) is 12.1 Å². The Kier molecular flexibility index (Phi) is 7.10. The summed E-state index contributed by atoms with van der Waals surface area (Å²) >= 11 is 0. The van der Waals surface area contributed by atoms with Crippen molar-refractivity contribution >= 4 is 15.9 Å². The van der Waals surface area contributed by atoms with Gasteiger partial charge in [0.15, 0.2) is 0 Å². The minimum absolute atomic E-state index is 0.00373. The lowest BCUT2D eigenvalue weighted by Crippen LogP contribution is -2.32. The fourth-order valence-electron chi connectivity index (χ4n) is 2.56. The van der Waals surface area contributed by atoms with Gasteiger partial charge >= 0.3 is 0 Å². The molecule has 1 atom stereocenters. The van der Waals surface area contributed by atoms with Crippen LogP contribution in [0.5, 0.6) is 0 Å². The van der Waals surface area contributed by atoms with Gasteiger partial charge in [-0.15, -0.1) is 0 Å². The maximum absolute atomic E-state index is 12.9. The summed E-state index contributed by atoms with van der Waals surface area (Å²) in [6.45, 7) is 5.85. The van der Waals surface area contributed by atoms with Crippen LogP contribution >= 0.6 is 0 Å². The van der Waals surface area contributed by atoms with Crippen LogP contribution in [0.3, 0.4) is 0 Å². The molecular formula is C20H25FN2O3S. The predicted octanol–water partition coefficient (Wildman–Crippen LogP) is 3.49. The lowest BCUT2D eigenvalue weighted by Gasteiger charge is -2.14. The standard InChI is InChI=1S/C20H25FN2O3S/c1-14(2)16-6-10-19(11-7-16)27(25,26)22-13-12-20(24)23-15(3)17-4-8-18(21)9-5-17/h4-11,14-15,22H,12-13H2,1-3H3,(H,23,24). The van der Waals surface area contributed by atoms with Gasteiger partial charge in [-0.1, -0.05) is 38.1 Å². The minimum Gasteiger partial charge on any atom is -0.350 e. The second-order valence-electron chi connectivity index (χ2n) is 6.71. The van der Waals surface area contributed by atoms with Crippen LogP contribution in [0.1, 0.15) is 50.3 Å². The molecule has 0 heterocycles. The summed E-state index contributed by atoms with van der Waals surface area (Å²) in [5.41, 5.74) is 1.83. The van der Waals surface area contributed by atoms with Gasteiger partial charge in [0.25, 0.3) is 0 Å². The van der Waals surface area contributed by atoms with Gasteiger partial charge in [0.1, 0.15) is 5.82 Å². The number of sulfonamides is 1. The molecule has 2 N–H and O–H groups in total. The molecule has 0 aliphatic rings. The molecular weight excluding hydrogens is 367 g/mol. The molecule has 7 heteroatoms. The van der Waals surface area contributed by atoms with E-state index in [9.17, 15) is 17.6 Å². The molecule has 1 unspecified atom stereocenters. The molecule has 0 spiro atoms. The lowest BCUT2D eigenvalue weighted by molar-refractivity contribution is -0.121. The lowest BCUT2D eigenvalue weighted by atomic mass is 10.0. The Morgan fingerprint density at radius 1 is 0.963 bits per heavy atom. The summed E-state index contributed by atoms with van der Waals surface area (Å²) in [6, 6.07) is 12.3. The van der Waals surface area contributed by atoms with E-state index in [4.69, 9.17) is 0 Å². The molecule has 5 nitrogen and oxygen atoms in total. The van der Waals surface area contributed by atoms with E-state index in [1.54, 1.807) is 43.3 Å². The molecule has 1 amide bonds. The minimum atomic E-state index is -3.66. The third-order valence-corrected chi connectivity index (χ3v) is 5.73. The van der Waals surface area contributed by atoms with Gasteiger partial charge in [-0.2, -0.15) is 0 Å². The third kappa shape index (κ3) is 6.15. The normalized spacial score (nSPS) is 12.8. The Hall–Kier alpha value is -2.25. The van der Waals surface area contributed by atoms with E-state index in [2.05, 4.69) is 10.0 Å².